The number of fused-ring (bicyclic) bond motifs is 2. The van der Waals surface area contributed by atoms with Crippen molar-refractivity contribution in [2.45, 2.75) is 25.7 Å². The number of nitrogens with zero attached hydrogens (tertiary/aromatic N) is 1. The summed E-state index contributed by atoms with van der Waals surface area (Å²) in [4.78, 5) is 25.4. The number of aromatic nitrogens is 2. The summed E-state index contributed by atoms with van der Waals surface area (Å²) in [6.07, 6.45) is 3.70. The molecule has 0 aliphatic carbocycles. The Balaban J connectivity index is 0.000000163. The SMILES string of the molecule is CC(=O)c1ccc2[nH]ccc2c1.CC(=O)c1ccc2c(ccn2Cc2ccc(F)cc2F)c1.Fc1ccc(CBr)c(F)c1. The lowest BCUT2D eigenvalue weighted by atomic mass is 10.1. The first-order chi connectivity index (χ1) is 20.5. The minimum atomic E-state index is -0.584. The maximum Gasteiger partial charge on any atom is 0.159 e. The lowest BCUT2D eigenvalue weighted by Crippen LogP contribution is -2.01. The van der Waals surface area contributed by atoms with Gasteiger partial charge in [0, 0.05) is 68.4 Å². The van der Waals surface area contributed by atoms with E-state index in [1.54, 1.807) is 13.0 Å². The molecule has 0 radical (unpaired) electrons. The van der Waals surface area contributed by atoms with Gasteiger partial charge in [-0.05, 0) is 80.1 Å². The molecule has 9 heteroatoms. The van der Waals surface area contributed by atoms with E-state index in [9.17, 15) is 27.2 Å². The third kappa shape index (κ3) is 8.08. The van der Waals surface area contributed by atoms with Gasteiger partial charge in [0.1, 0.15) is 23.3 Å². The average molecular weight is 651 g/mol. The van der Waals surface area contributed by atoms with E-state index < -0.39 is 23.3 Å². The van der Waals surface area contributed by atoms with Crippen molar-refractivity contribution < 1.29 is 27.2 Å². The van der Waals surface area contributed by atoms with Crippen LogP contribution in [0.25, 0.3) is 21.8 Å². The minimum Gasteiger partial charge on any atom is -0.361 e. The van der Waals surface area contributed by atoms with Crippen molar-refractivity contribution in [3.05, 3.63) is 143 Å². The number of aromatic amines is 1. The summed E-state index contributed by atoms with van der Waals surface area (Å²) < 4.78 is 53.3. The topological polar surface area (TPSA) is 54.9 Å². The lowest BCUT2D eigenvalue weighted by Gasteiger charge is -2.07. The zero-order chi connectivity index (χ0) is 31.1. The van der Waals surface area contributed by atoms with Gasteiger partial charge < -0.3 is 9.55 Å². The molecule has 4 aromatic carbocycles. The van der Waals surface area contributed by atoms with Crippen LogP contribution in [-0.2, 0) is 11.9 Å². The Morgan fingerprint density at radius 2 is 1.28 bits per heavy atom. The number of Topliss-reactive ketones (excluding diaryl/α,β-unsaturated/α-hetero) is 2. The fourth-order valence-corrected chi connectivity index (χ4v) is 4.75. The lowest BCUT2D eigenvalue weighted by molar-refractivity contribution is 0.100. The van der Waals surface area contributed by atoms with Crippen molar-refractivity contribution in [3.8, 4) is 0 Å². The van der Waals surface area contributed by atoms with E-state index in [2.05, 4.69) is 20.9 Å². The summed E-state index contributed by atoms with van der Waals surface area (Å²) >= 11 is 3.07. The fourth-order valence-electron chi connectivity index (χ4n) is 4.29. The molecular formula is C34H27BrF4N2O2. The van der Waals surface area contributed by atoms with Crippen molar-refractivity contribution in [1.29, 1.82) is 0 Å². The maximum atomic E-state index is 13.7. The van der Waals surface area contributed by atoms with Crippen molar-refractivity contribution in [2.75, 3.05) is 0 Å². The van der Waals surface area contributed by atoms with Crippen LogP contribution in [0.1, 0.15) is 45.7 Å². The molecule has 0 spiro atoms. The fraction of sp³-hybridized carbons (Fsp3) is 0.118. The van der Waals surface area contributed by atoms with E-state index in [1.807, 2.05) is 59.4 Å². The van der Waals surface area contributed by atoms with Crippen LogP contribution >= 0.6 is 15.9 Å². The molecule has 6 rings (SSSR count). The third-order valence-electron chi connectivity index (χ3n) is 6.65. The van der Waals surface area contributed by atoms with Crippen molar-refractivity contribution >= 4 is 49.3 Å². The molecule has 6 aromatic rings. The molecule has 1 N–H and O–H groups in total. The van der Waals surface area contributed by atoms with Gasteiger partial charge in [-0.1, -0.05) is 28.1 Å². The summed E-state index contributed by atoms with van der Waals surface area (Å²) in [5.74, 6) is -2.07. The molecule has 4 nitrogen and oxygen atoms in total. The maximum absolute atomic E-state index is 13.7. The summed E-state index contributed by atoms with van der Waals surface area (Å²) in [6.45, 7) is 3.41. The molecule has 43 heavy (non-hydrogen) atoms. The van der Waals surface area contributed by atoms with Gasteiger partial charge in [0.05, 0.1) is 6.54 Å². The van der Waals surface area contributed by atoms with E-state index in [0.717, 1.165) is 39.5 Å². The van der Waals surface area contributed by atoms with Crippen LogP contribution in [0.2, 0.25) is 0 Å². The summed E-state index contributed by atoms with van der Waals surface area (Å²) in [7, 11) is 0. The molecule has 0 saturated carbocycles. The first kappa shape index (κ1) is 31.4. The first-order valence-electron chi connectivity index (χ1n) is 13.2. The van der Waals surface area contributed by atoms with Crippen LogP contribution in [0.15, 0.2) is 97.3 Å². The summed E-state index contributed by atoms with van der Waals surface area (Å²) in [6, 6.07) is 22.0. The Bertz CT molecular complexity index is 1910. The number of ketones is 2. The van der Waals surface area contributed by atoms with Gasteiger partial charge in [-0.3, -0.25) is 9.59 Å². The van der Waals surface area contributed by atoms with E-state index in [1.165, 1.54) is 31.2 Å². The standard InChI is InChI=1S/C17H13F2NO.C10H9NO.C7H5BrF2/c1-11(21)12-3-5-17-13(8-12)6-7-20(17)10-14-2-4-15(18)9-16(14)19;1-7(12)8-2-3-10-9(6-8)4-5-11-10;8-4-5-1-2-6(9)3-7(5)10/h2-9H,10H2,1H3;2-6,11H,1H3;1-3H,4H2. The normalized spacial score (nSPS) is 10.6. The quantitative estimate of drug-likeness (QED) is 0.115. The highest BCUT2D eigenvalue weighted by Gasteiger charge is 2.09. The van der Waals surface area contributed by atoms with Crippen LogP contribution in [0.3, 0.4) is 0 Å². The second-order valence-electron chi connectivity index (χ2n) is 9.71. The minimum absolute atomic E-state index is 0.00855. The predicted molar refractivity (Wildman–Crippen MR) is 165 cm³/mol. The largest absolute Gasteiger partial charge is 0.361 e. The molecule has 220 valence electrons. The Morgan fingerprint density at radius 3 is 1.86 bits per heavy atom. The number of alkyl halides is 1. The van der Waals surface area contributed by atoms with Crippen molar-refractivity contribution in [3.63, 3.8) is 0 Å². The van der Waals surface area contributed by atoms with Gasteiger partial charge in [-0.15, -0.1) is 0 Å². The first-order valence-corrected chi connectivity index (χ1v) is 14.3. The highest BCUT2D eigenvalue weighted by atomic mass is 79.9. The Morgan fingerprint density at radius 1 is 0.698 bits per heavy atom. The van der Waals surface area contributed by atoms with Crippen LogP contribution < -0.4 is 0 Å². The van der Waals surface area contributed by atoms with Crippen LogP contribution in [-0.4, -0.2) is 21.1 Å². The second-order valence-corrected chi connectivity index (χ2v) is 10.3. The Kier molecular flexibility index (Phi) is 10.3. The van der Waals surface area contributed by atoms with Crippen molar-refractivity contribution in [2.24, 2.45) is 0 Å². The number of benzene rings is 4. The molecular weight excluding hydrogens is 624 g/mol. The highest BCUT2D eigenvalue weighted by Crippen LogP contribution is 2.21. The van der Waals surface area contributed by atoms with Crippen LogP contribution in [0.4, 0.5) is 17.6 Å². The van der Waals surface area contributed by atoms with Crippen molar-refractivity contribution in [1.82, 2.24) is 9.55 Å². The second kappa shape index (κ2) is 14.1. The number of hydrogen-bond acceptors (Lipinski definition) is 2. The van der Waals surface area contributed by atoms with E-state index >= 15 is 0 Å². The van der Waals surface area contributed by atoms with E-state index in [-0.39, 0.29) is 11.6 Å². The molecule has 0 aliphatic heterocycles. The van der Waals surface area contributed by atoms with Crippen LogP contribution in [0, 0.1) is 23.3 Å². The molecule has 0 amide bonds. The molecule has 0 fully saturated rings. The molecule has 2 heterocycles. The molecule has 0 bridgehead atoms. The van der Waals surface area contributed by atoms with E-state index in [4.69, 9.17) is 0 Å². The smallest absolute Gasteiger partial charge is 0.159 e. The average Bonchev–Trinajstić information content (AvgIpc) is 3.61. The molecule has 0 unspecified atom stereocenters. The van der Waals surface area contributed by atoms with Gasteiger partial charge in [0.25, 0.3) is 0 Å². The number of hydrogen-bond donors (Lipinski definition) is 1. The van der Waals surface area contributed by atoms with Gasteiger partial charge in [0.2, 0.25) is 0 Å². The highest BCUT2D eigenvalue weighted by molar-refractivity contribution is 9.08. The Hall–Kier alpha value is -4.50. The molecule has 0 atom stereocenters. The number of H-pyrrole nitrogens is 1. The Labute approximate surface area is 254 Å². The number of carbonyl (C=O) groups is 2. The summed E-state index contributed by atoms with van der Waals surface area (Å²) in [5.41, 5.74) is 4.28. The van der Waals surface area contributed by atoms with E-state index in [0.29, 0.717) is 28.6 Å². The number of halogens is 5. The summed E-state index contributed by atoms with van der Waals surface area (Å²) in [5, 5.41) is 2.42. The van der Waals surface area contributed by atoms with Gasteiger partial charge >= 0.3 is 0 Å². The van der Waals surface area contributed by atoms with Gasteiger partial charge in [-0.25, -0.2) is 17.6 Å². The monoisotopic (exact) mass is 650 g/mol. The predicted octanol–water partition coefficient (Wildman–Crippen LogP) is 9.40. The number of nitrogens with one attached hydrogen (secondary N) is 1. The number of rotatable bonds is 5. The molecule has 0 aliphatic rings. The number of carbonyl (C=O) groups excluding carboxylic acids is 2. The molecule has 0 saturated heterocycles. The molecule has 2 aromatic heterocycles. The van der Waals surface area contributed by atoms with Gasteiger partial charge in [-0.2, -0.15) is 0 Å². The van der Waals surface area contributed by atoms with Crippen LogP contribution in [0.5, 0.6) is 0 Å². The van der Waals surface area contributed by atoms with Gasteiger partial charge in [0.15, 0.2) is 11.6 Å². The zero-order valence-corrected chi connectivity index (χ0v) is 24.9. The zero-order valence-electron chi connectivity index (χ0n) is 23.3. The third-order valence-corrected chi connectivity index (χ3v) is 7.26.